The Bertz CT molecular complexity index is 1140. The van der Waals surface area contributed by atoms with Crippen molar-refractivity contribution >= 4 is 15.8 Å². The van der Waals surface area contributed by atoms with Crippen molar-refractivity contribution < 1.29 is 22.3 Å². The summed E-state index contributed by atoms with van der Waals surface area (Å²) in [5.74, 6) is 0.462. The highest BCUT2D eigenvalue weighted by molar-refractivity contribution is 7.85. The summed E-state index contributed by atoms with van der Waals surface area (Å²) in [6.07, 6.45) is 8.92. The molecule has 0 spiro atoms. The van der Waals surface area contributed by atoms with Gasteiger partial charge in [0.25, 0.3) is 10.1 Å². The van der Waals surface area contributed by atoms with Crippen LogP contribution in [0.2, 0.25) is 0 Å². The number of nitriles is 1. The highest BCUT2D eigenvalue weighted by atomic mass is 32.2. The summed E-state index contributed by atoms with van der Waals surface area (Å²) in [4.78, 5) is 0. The van der Waals surface area contributed by atoms with Gasteiger partial charge < -0.3 is 0 Å². The zero-order valence-corrected chi connectivity index (χ0v) is 19.6. The van der Waals surface area contributed by atoms with Crippen molar-refractivity contribution in [3.63, 3.8) is 0 Å². The molecule has 3 aliphatic carbocycles. The molecule has 4 unspecified atom stereocenters. The Kier molecular flexibility index (Phi) is 6.15. The second-order valence-corrected chi connectivity index (χ2v) is 11.2. The van der Waals surface area contributed by atoms with Crippen LogP contribution in [0.15, 0.2) is 58.8 Å². The smallest absolute Gasteiger partial charge is 0.264 e. The molecule has 0 bridgehead atoms. The minimum Gasteiger partial charge on any atom is -0.281 e. The van der Waals surface area contributed by atoms with Crippen molar-refractivity contribution in [2.75, 3.05) is 12.9 Å². The third-order valence-corrected chi connectivity index (χ3v) is 8.00. The molecule has 1 aromatic rings. The van der Waals surface area contributed by atoms with E-state index >= 15 is 0 Å². The molecule has 1 aromatic carbocycles. The van der Waals surface area contributed by atoms with Gasteiger partial charge in [-0.15, -0.1) is 0 Å². The molecule has 2 N–H and O–H groups in total. The van der Waals surface area contributed by atoms with Crippen LogP contribution < -0.4 is 5.32 Å². The molecule has 0 radical (unpaired) electrons. The van der Waals surface area contributed by atoms with Gasteiger partial charge in [0.2, 0.25) is 0 Å². The van der Waals surface area contributed by atoms with E-state index in [0.717, 1.165) is 42.5 Å². The van der Waals surface area contributed by atoms with Crippen LogP contribution in [0.3, 0.4) is 0 Å². The molecule has 7 heteroatoms. The first-order valence-electron chi connectivity index (χ1n) is 11.1. The highest BCUT2D eigenvalue weighted by Crippen LogP contribution is 2.57. The number of quaternary nitrogens is 1. The zero-order chi connectivity index (χ0) is 23.1. The summed E-state index contributed by atoms with van der Waals surface area (Å²) in [6, 6.07) is 8.70. The van der Waals surface area contributed by atoms with Gasteiger partial charge >= 0.3 is 0 Å². The Morgan fingerprint density at radius 3 is 2.69 bits per heavy atom. The first-order chi connectivity index (χ1) is 15.1. The van der Waals surface area contributed by atoms with E-state index in [2.05, 4.69) is 32.1 Å². The summed E-state index contributed by atoms with van der Waals surface area (Å²) in [5.41, 5.74) is 4.88. The van der Waals surface area contributed by atoms with E-state index in [1.54, 1.807) is 12.1 Å². The van der Waals surface area contributed by atoms with E-state index in [1.165, 1.54) is 23.3 Å². The highest BCUT2D eigenvalue weighted by Gasteiger charge is 2.48. The third-order valence-electron chi connectivity index (χ3n) is 7.44. The molecule has 0 amide bonds. The molecule has 0 aliphatic heterocycles. The van der Waals surface area contributed by atoms with Crippen molar-refractivity contribution in [3.8, 4) is 6.07 Å². The molecule has 1 fully saturated rings. The third kappa shape index (κ3) is 4.45. The normalized spacial score (nSPS) is 30.0. The lowest BCUT2D eigenvalue weighted by Gasteiger charge is -2.50. The molecule has 32 heavy (non-hydrogen) atoms. The van der Waals surface area contributed by atoms with Gasteiger partial charge in [0, 0.05) is 30.0 Å². The number of benzene rings is 1. The van der Waals surface area contributed by atoms with Crippen LogP contribution in [0.5, 0.6) is 0 Å². The van der Waals surface area contributed by atoms with Crippen molar-refractivity contribution in [3.05, 3.63) is 64.7 Å². The molecule has 4 rings (SSSR count). The number of hydrogen-bond acceptors (Lipinski definition) is 4. The van der Waals surface area contributed by atoms with Gasteiger partial charge in [0.1, 0.15) is 23.3 Å². The van der Waals surface area contributed by atoms with Gasteiger partial charge in [-0.3, -0.25) is 9.50 Å². The maximum absolute atomic E-state index is 13.3. The predicted octanol–water partition coefficient (Wildman–Crippen LogP) is 4.10. The van der Waals surface area contributed by atoms with Crippen molar-refractivity contribution in [2.45, 2.75) is 39.5 Å². The lowest BCUT2D eigenvalue weighted by molar-refractivity contribution is -0.513. The van der Waals surface area contributed by atoms with Crippen LogP contribution in [0.25, 0.3) is 0 Å². The standard InChI is InChI=1S/C25H29FN2O3S/c1-16-4-11-23-21(22(16)15-31-32(3,29)30)10-5-18-12-24(17(14-27)13-25(18,23)2)28-20-8-6-19(26)7-9-20/h6-9,11-12,16,21-22,28H,4-5,10,13,15H2,1-3H3/p+1. The quantitative estimate of drug-likeness (QED) is 0.410. The molecule has 0 aromatic heterocycles. The Balaban J connectivity index is 1.62. The fraction of sp³-hybridized carbons (Fsp3) is 0.480. The summed E-state index contributed by atoms with van der Waals surface area (Å²) in [7, 11) is -3.48. The topological polar surface area (TPSA) is 83.8 Å². The van der Waals surface area contributed by atoms with Crippen LogP contribution in [0.1, 0.15) is 39.5 Å². The molecule has 1 saturated carbocycles. The Hall–Kier alpha value is -2.27. The first kappa shape index (κ1) is 22.9. The van der Waals surface area contributed by atoms with Gasteiger partial charge in [0.05, 0.1) is 18.4 Å². The Labute approximate surface area is 189 Å². The number of rotatable bonds is 5. The Morgan fingerprint density at radius 2 is 2.03 bits per heavy atom. The summed E-state index contributed by atoms with van der Waals surface area (Å²) in [5, 5.41) is 11.9. The SMILES string of the molecule is CC1CC=C2C(CCC3=CC([NH2+]c4ccc(F)cc4)=C(C#N)CC32C)C1COS(C)(=O)=O. The maximum Gasteiger partial charge on any atom is 0.264 e. The van der Waals surface area contributed by atoms with Crippen molar-refractivity contribution in [1.82, 2.24) is 0 Å². The minimum atomic E-state index is -3.48. The fourth-order valence-corrected chi connectivity index (χ4v) is 6.08. The molecular weight excluding hydrogens is 427 g/mol. The van der Waals surface area contributed by atoms with E-state index in [4.69, 9.17) is 4.18 Å². The second-order valence-electron chi connectivity index (χ2n) is 9.59. The van der Waals surface area contributed by atoms with Gasteiger partial charge in [-0.25, -0.2) is 4.39 Å². The number of nitrogens with zero attached hydrogens (tertiary/aromatic N) is 1. The van der Waals surface area contributed by atoms with Crippen LogP contribution in [-0.2, 0) is 14.3 Å². The largest absolute Gasteiger partial charge is 0.281 e. The van der Waals surface area contributed by atoms with E-state index in [0.29, 0.717) is 12.3 Å². The van der Waals surface area contributed by atoms with E-state index in [9.17, 15) is 18.1 Å². The predicted molar refractivity (Wildman–Crippen MR) is 120 cm³/mol. The average molecular weight is 458 g/mol. The number of hydrogen-bond donors (Lipinski definition) is 1. The second kappa shape index (κ2) is 8.58. The van der Waals surface area contributed by atoms with E-state index in [-0.39, 0.29) is 29.7 Å². The zero-order valence-electron chi connectivity index (χ0n) is 18.8. The molecule has 0 saturated heterocycles. The van der Waals surface area contributed by atoms with Crippen molar-refractivity contribution in [2.24, 2.45) is 23.2 Å². The van der Waals surface area contributed by atoms with Crippen LogP contribution >= 0.6 is 0 Å². The lowest BCUT2D eigenvalue weighted by Crippen LogP contribution is -2.76. The van der Waals surface area contributed by atoms with Gasteiger partial charge in [-0.2, -0.15) is 13.7 Å². The number of allylic oxidation sites excluding steroid dienone is 5. The summed E-state index contributed by atoms with van der Waals surface area (Å²) in [6.45, 7) is 4.59. The fourth-order valence-electron chi connectivity index (χ4n) is 5.67. The van der Waals surface area contributed by atoms with Crippen LogP contribution in [0, 0.1) is 40.3 Å². The number of halogens is 1. The van der Waals surface area contributed by atoms with Gasteiger partial charge in [-0.05, 0) is 49.1 Å². The molecule has 0 heterocycles. The van der Waals surface area contributed by atoms with Crippen LogP contribution in [0.4, 0.5) is 10.1 Å². The van der Waals surface area contributed by atoms with Gasteiger partial charge in [-0.1, -0.05) is 31.1 Å². The number of fused-ring (bicyclic) bond motifs is 3. The molecule has 3 aliphatic rings. The molecule has 5 nitrogen and oxygen atoms in total. The monoisotopic (exact) mass is 457 g/mol. The summed E-state index contributed by atoms with van der Waals surface area (Å²) >= 11 is 0. The Morgan fingerprint density at radius 1 is 1.31 bits per heavy atom. The summed E-state index contributed by atoms with van der Waals surface area (Å²) < 4.78 is 41.7. The average Bonchev–Trinajstić information content (AvgIpc) is 2.73. The lowest BCUT2D eigenvalue weighted by atomic mass is 9.54. The van der Waals surface area contributed by atoms with E-state index < -0.39 is 10.1 Å². The molecule has 170 valence electrons. The van der Waals surface area contributed by atoms with Crippen molar-refractivity contribution in [1.29, 1.82) is 5.26 Å². The van der Waals surface area contributed by atoms with E-state index in [1.807, 2.05) is 5.32 Å². The van der Waals surface area contributed by atoms with Crippen LogP contribution in [-0.4, -0.2) is 21.3 Å². The molecule has 4 atom stereocenters. The first-order valence-corrected chi connectivity index (χ1v) is 12.9. The van der Waals surface area contributed by atoms with Gasteiger partial charge in [0.15, 0.2) is 0 Å². The molecular formula is C25H30FN2O3S+. The number of nitrogens with two attached hydrogens (primary N) is 1. The minimum absolute atomic E-state index is 0.143. The maximum atomic E-state index is 13.3.